The van der Waals surface area contributed by atoms with Crippen LogP contribution in [0.4, 0.5) is 5.95 Å². The molecule has 1 amide bonds. The van der Waals surface area contributed by atoms with E-state index in [0.717, 1.165) is 0 Å². The number of imidazole rings is 1. The van der Waals surface area contributed by atoms with Gasteiger partial charge < -0.3 is 31.2 Å². The van der Waals surface area contributed by atoms with E-state index in [1.54, 1.807) is 34.6 Å². The number of nitrogens with zero attached hydrogens (tertiary/aromatic N) is 5. The van der Waals surface area contributed by atoms with Crippen LogP contribution >= 0.6 is 0 Å². The van der Waals surface area contributed by atoms with Crippen molar-refractivity contribution < 1.29 is 20.1 Å². The van der Waals surface area contributed by atoms with Gasteiger partial charge in [-0.25, -0.2) is 4.57 Å². The average Bonchev–Trinajstić information content (AvgIpc) is 3.06. The number of nitrogens with one attached hydrogen (secondary N) is 2. The van der Waals surface area contributed by atoms with Gasteiger partial charge in [-0.3, -0.25) is 4.79 Å². The lowest BCUT2D eigenvalue weighted by Gasteiger charge is -2.28. The van der Waals surface area contributed by atoms with Gasteiger partial charge in [0.15, 0.2) is 0 Å². The Morgan fingerprint density at radius 2 is 1.93 bits per heavy atom. The Morgan fingerprint density at radius 3 is 2.46 bits per heavy atom. The molecule has 4 N–H and O–H groups in total. The number of aromatic nitrogens is 2. The molecule has 12 heteroatoms. The summed E-state index contributed by atoms with van der Waals surface area (Å²) in [5.74, 6) is -0.622. The van der Waals surface area contributed by atoms with E-state index < -0.39 is 16.0 Å². The second kappa shape index (κ2) is 9.26. The Kier molecular flexibility index (Phi) is 7.61. The average molecular weight is 397 g/mol. The Hall–Kier alpha value is -3.02. The van der Waals surface area contributed by atoms with E-state index >= 15 is 0 Å². The van der Waals surface area contributed by atoms with Crippen LogP contribution < -0.4 is 10.6 Å². The molecule has 0 aromatic carbocycles. The summed E-state index contributed by atoms with van der Waals surface area (Å²) in [6.45, 7) is 8.70. The number of nitro groups is 1. The SMILES string of the molecule is C/C(=N\O)C(C)(C)NC(=O)CCNC(C)(C)/C(Cn1ccnc1[N+](=O)[O-])=N/O. The molecule has 1 aromatic heterocycles. The molecule has 0 atom stereocenters. The van der Waals surface area contributed by atoms with Gasteiger partial charge in [0.05, 0.1) is 16.8 Å². The lowest BCUT2D eigenvalue weighted by molar-refractivity contribution is -0.396. The van der Waals surface area contributed by atoms with Crippen LogP contribution in [-0.4, -0.2) is 59.8 Å². The van der Waals surface area contributed by atoms with Crippen molar-refractivity contribution in [2.24, 2.45) is 10.3 Å². The monoisotopic (exact) mass is 397 g/mol. The van der Waals surface area contributed by atoms with Gasteiger partial charge in [-0.15, -0.1) is 0 Å². The Morgan fingerprint density at radius 1 is 1.29 bits per heavy atom. The minimum atomic E-state index is -0.842. The van der Waals surface area contributed by atoms with Gasteiger partial charge in [-0.05, 0) is 39.5 Å². The first-order valence-corrected chi connectivity index (χ1v) is 8.56. The van der Waals surface area contributed by atoms with Crippen molar-refractivity contribution in [1.29, 1.82) is 0 Å². The molecular weight excluding hydrogens is 370 g/mol. The fourth-order valence-electron chi connectivity index (χ4n) is 2.33. The number of carbonyl (C=O) groups excluding carboxylic acids is 1. The first kappa shape index (κ1) is 23.0. The second-order valence-electron chi connectivity index (χ2n) is 7.32. The predicted molar refractivity (Wildman–Crippen MR) is 102 cm³/mol. The molecule has 0 aliphatic carbocycles. The van der Waals surface area contributed by atoms with Crippen molar-refractivity contribution in [2.45, 2.75) is 58.7 Å². The third kappa shape index (κ3) is 6.01. The molecule has 1 heterocycles. The van der Waals surface area contributed by atoms with Crippen LogP contribution in [0, 0.1) is 10.1 Å². The Bertz CT molecular complexity index is 767. The molecular formula is C16H27N7O5. The van der Waals surface area contributed by atoms with Gasteiger partial charge in [-0.2, -0.15) is 0 Å². The maximum Gasteiger partial charge on any atom is 0.434 e. The van der Waals surface area contributed by atoms with Gasteiger partial charge in [0.25, 0.3) is 0 Å². The van der Waals surface area contributed by atoms with Crippen molar-refractivity contribution in [1.82, 2.24) is 20.2 Å². The number of carbonyl (C=O) groups is 1. The number of rotatable bonds is 10. The van der Waals surface area contributed by atoms with Crippen LogP contribution in [0.15, 0.2) is 22.7 Å². The molecule has 156 valence electrons. The molecule has 0 fully saturated rings. The van der Waals surface area contributed by atoms with Crippen LogP contribution in [0.3, 0.4) is 0 Å². The minimum Gasteiger partial charge on any atom is -0.411 e. The molecule has 1 aromatic rings. The molecule has 0 aliphatic heterocycles. The van der Waals surface area contributed by atoms with Gasteiger partial charge in [0, 0.05) is 13.0 Å². The smallest absolute Gasteiger partial charge is 0.411 e. The summed E-state index contributed by atoms with van der Waals surface area (Å²) in [4.78, 5) is 26.1. The first-order chi connectivity index (χ1) is 12.9. The van der Waals surface area contributed by atoms with E-state index in [4.69, 9.17) is 5.21 Å². The summed E-state index contributed by atoms with van der Waals surface area (Å²) in [6, 6.07) is 0. The van der Waals surface area contributed by atoms with E-state index in [-0.39, 0.29) is 37.1 Å². The number of hydrogen-bond donors (Lipinski definition) is 4. The summed E-state index contributed by atoms with van der Waals surface area (Å²) < 4.78 is 1.25. The van der Waals surface area contributed by atoms with Crippen LogP contribution in [0.5, 0.6) is 0 Å². The van der Waals surface area contributed by atoms with Crippen molar-refractivity contribution in [2.75, 3.05) is 6.54 Å². The van der Waals surface area contributed by atoms with E-state index in [1.807, 2.05) is 0 Å². The van der Waals surface area contributed by atoms with E-state index in [0.29, 0.717) is 5.71 Å². The van der Waals surface area contributed by atoms with Crippen LogP contribution in [0.1, 0.15) is 41.0 Å². The molecule has 0 unspecified atom stereocenters. The van der Waals surface area contributed by atoms with Crippen LogP contribution in [-0.2, 0) is 11.3 Å². The maximum atomic E-state index is 12.1. The lowest BCUT2D eigenvalue weighted by atomic mass is 9.97. The zero-order valence-electron chi connectivity index (χ0n) is 16.6. The van der Waals surface area contributed by atoms with Gasteiger partial charge in [0.1, 0.15) is 24.7 Å². The van der Waals surface area contributed by atoms with Gasteiger partial charge in [0.2, 0.25) is 5.91 Å². The summed E-state index contributed by atoms with van der Waals surface area (Å²) in [5.41, 5.74) is -1.03. The number of oxime groups is 2. The highest BCUT2D eigenvalue weighted by Crippen LogP contribution is 2.13. The van der Waals surface area contributed by atoms with Gasteiger partial charge >= 0.3 is 5.95 Å². The van der Waals surface area contributed by atoms with Gasteiger partial charge in [-0.1, -0.05) is 15.3 Å². The molecule has 1 rings (SSSR count). The highest BCUT2D eigenvalue weighted by Gasteiger charge is 2.29. The molecule has 0 aliphatic rings. The summed E-state index contributed by atoms with van der Waals surface area (Å²) in [7, 11) is 0. The first-order valence-electron chi connectivity index (χ1n) is 8.56. The molecule has 0 radical (unpaired) electrons. The third-order valence-electron chi connectivity index (χ3n) is 4.44. The molecule has 0 saturated carbocycles. The number of hydrogen-bond acceptors (Lipinski definition) is 9. The third-order valence-corrected chi connectivity index (χ3v) is 4.44. The fourth-order valence-corrected chi connectivity index (χ4v) is 2.33. The zero-order chi connectivity index (χ0) is 21.5. The Labute approximate surface area is 162 Å². The summed E-state index contributed by atoms with van der Waals surface area (Å²) in [5, 5.41) is 41.4. The van der Waals surface area contributed by atoms with E-state index in [2.05, 4.69) is 25.9 Å². The molecule has 28 heavy (non-hydrogen) atoms. The number of amides is 1. The predicted octanol–water partition coefficient (Wildman–Crippen LogP) is 1.12. The van der Waals surface area contributed by atoms with Crippen molar-refractivity contribution in [3.63, 3.8) is 0 Å². The van der Waals surface area contributed by atoms with Crippen LogP contribution in [0.2, 0.25) is 0 Å². The highest BCUT2D eigenvalue weighted by atomic mass is 16.6. The standard InChI is InChI=1S/C16H27N7O5/c1-11(20-25)15(2,3)19-13(24)6-7-18-16(4,5)12(21-26)10-22-9-8-17-14(22)23(27)28/h8-9,18,25-26H,6-7,10H2,1-5H3,(H,19,24)/b20-11+,21-12+. The zero-order valence-corrected chi connectivity index (χ0v) is 16.6. The fraction of sp³-hybridized carbons (Fsp3) is 0.625. The quantitative estimate of drug-likeness (QED) is 0.198. The normalized spacial score (nSPS) is 13.5. The van der Waals surface area contributed by atoms with E-state index in [1.165, 1.54) is 17.0 Å². The maximum absolute atomic E-state index is 12.1. The molecule has 12 nitrogen and oxygen atoms in total. The summed E-state index contributed by atoms with van der Waals surface area (Å²) >= 11 is 0. The molecule has 0 saturated heterocycles. The van der Waals surface area contributed by atoms with Crippen molar-refractivity contribution >= 4 is 23.3 Å². The van der Waals surface area contributed by atoms with Crippen molar-refractivity contribution in [3.05, 3.63) is 22.5 Å². The van der Waals surface area contributed by atoms with E-state index in [9.17, 15) is 20.1 Å². The molecule has 0 spiro atoms. The van der Waals surface area contributed by atoms with Crippen molar-refractivity contribution in [3.8, 4) is 0 Å². The lowest BCUT2D eigenvalue weighted by Crippen LogP contribution is -2.51. The minimum absolute atomic E-state index is 0.0435. The largest absolute Gasteiger partial charge is 0.434 e. The summed E-state index contributed by atoms with van der Waals surface area (Å²) in [6.07, 6.45) is 2.83. The molecule has 0 bridgehead atoms. The van der Waals surface area contributed by atoms with Crippen LogP contribution in [0.25, 0.3) is 0 Å². The second-order valence-corrected chi connectivity index (χ2v) is 7.32. The highest BCUT2D eigenvalue weighted by molar-refractivity contribution is 5.94. The Balaban J connectivity index is 2.68. The topological polar surface area (TPSA) is 167 Å².